The summed E-state index contributed by atoms with van der Waals surface area (Å²) in [6.07, 6.45) is 4.73. The van der Waals surface area contributed by atoms with E-state index in [0.29, 0.717) is 23.7 Å². The van der Waals surface area contributed by atoms with Gasteiger partial charge in [-0.25, -0.2) is 4.39 Å². The fourth-order valence-electron chi connectivity index (χ4n) is 3.51. The molecule has 1 aliphatic rings. The van der Waals surface area contributed by atoms with Crippen molar-refractivity contribution in [2.75, 3.05) is 23.9 Å². The van der Waals surface area contributed by atoms with Gasteiger partial charge in [0.2, 0.25) is 0 Å². The van der Waals surface area contributed by atoms with Gasteiger partial charge in [-0.1, -0.05) is 11.6 Å². The Labute approximate surface area is 177 Å². The van der Waals surface area contributed by atoms with Gasteiger partial charge < -0.3 is 19.5 Å². The van der Waals surface area contributed by atoms with E-state index in [1.165, 1.54) is 36.4 Å². The predicted molar refractivity (Wildman–Crippen MR) is 111 cm³/mol. The first-order chi connectivity index (χ1) is 14.4. The maximum Gasteiger partial charge on any atom is 0.275 e. The number of hydrogen-bond donors (Lipinski definition) is 1. The number of amides is 2. The van der Waals surface area contributed by atoms with Crippen molar-refractivity contribution >= 4 is 34.8 Å². The average molecular weight is 429 g/mol. The summed E-state index contributed by atoms with van der Waals surface area (Å²) in [7, 11) is 1.49. The molecule has 0 bridgehead atoms. The van der Waals surface area contributed by atoms with Crippen molar-refractivity contribution in [3.63, 3.8) is 0 Å². The quantitative estimate of drug-likeness (QED) is 0.677. The molecule has 2 amide bonds. The van der Waals surface area contributed by atoms with Crippen molar-refractivity contribution in [3.8, 4) is 5.75 Å². The number of rotatable bonds is 4. The number of aromatic nitrogens is 2. The van der Waals surface area contributed by atoms with Gasteiger partial charge >= 0.3 is 0 Å². The van der Waals surface area contributed by atoms with Crippen LogP contribution in [0.15, 0.2) is 48.9 Å². The van der Waals surface area contributed by atoms with Crippen molar-refractivity contribution in [3.05, 3.63) is 71.0 Å². The van der Waals surface area contributed by atoms with E-state index in [1.807, 2.05) is 6.92 Å². The predicted octanol–water partition coefficient (Wildman–Crippen LogP) is 4.16. The Balaban J connectivity index is 1.69. The number of pyridine rings is 1. The zero-order chi connectivity index (χ0) is 21.4. The first-order valence-corrected chi connectivity index (χ1v) is 9.55. The molecule has 9 heteroatoms. The highest BCUT2D eigenvalue weighted by Crippen LogP contribution is 2.32. The molecule has 1 N–H and O–H groups in total. The molecule has 0 saturated carbocycles. The Morgan fingerprint density at radius 1 is 1.33 bits per heavy atom. The number of carbonyl (C=O) groups excluding carboxylic acids is 2. The lowest BCUT2D eigenvalue weighted by Gasteiger charge is -2.33. The van der Waals surface area contributed by atoms with Crippen molar-refractivity contribution in [2.24, 2.45) is 0 Å². The molecule has 1 atom stereocenters. The topological polar surface area (TPSA) is 76.5 Å². The standard InChI is InChI=1S/C21H18ClFN4O3/c1-12-11-27(13-3-4-16(23)15(22)9-13)21(29)19-14(6-8-26(12)19)20(28)25-17-10-24-7-5-18(17)30-2/h3-10,12H,11H2,1-2H3,(H,25,28)/t12-/m0/s1. The second-order valence-corrected chi connectivity index (χ2v) is 7.29. The van der Waals surface area contributed by atoms with E-state index in [0.717, 1.165) is 0 Å². The van der Waals surface area contributed by atoms with Crippen LogP contribution in [0, 0.1) is 5.82 Å². The van der Waals surface area contributed by atoms with Crippen LogP contribution in [0.4, 0.5) is 15.8 Å². The van der Waals surface area contributed by atoms with Crippen molar-refractivity contribution in [1.29, 1.82) is 0 Å². The Morgan fingerprint density at radius 2 is 2.13 bits per heavy atom. The van der Waals surface area contributed by atoms with Crippen LogP contribution in [-0.4, -0.2) is 35.0 Å². The number of ether oxygens (including phenoxy) is 1. The minimum atomic E-state index is -0.563. The molecule has 0 unspecified atom stereocenters. The highest BCUT2D eigenvalue weighted by atomic mass is 35.5. The number of benzene rings is 1. The zero-order valence-corrected chi connectivity index (χ0v) is 17.0. The number of halogens is 2. The van der Waals surface area contributed by atoms with Crippen LogP contribution in [0.2, 0.25) is 5.02 Å². The van der Waals surface area contributed by atoms with Crippen molar-refractivity contribution in [1.82, 2.24) is 9.55 Å². The van der Waals surface area contributed by atoms with Gasteiger partial charge in [0, 0.05) is 36.7 Å². The summed E-state index contributed by atoms with van der Waals surface area (Å²) < 4.78 is 20.6. The summed E-state index contributed by atoms with van der Waals surface area (Å²) in [6, 6.07) is 7.23. The molecular weight excluding hydrogens is 411 g/mol. The smallest absolute Gasteiger partial charge is 0.275 e. The lowest BCUT2D eigenvalue weighted by atomic mass is 10.1. The van der Waals surface area contributed by atoms with Gasteiger partial charge in [0.05, 0.1) is 23.9 Å². The second kappa shape index (κ2) is 7.79. The minimum Gasteiger partial charge on any atom is -0.494 e. The summed E-state index contributed by atoms with van der Waals surface area (Å²) in [6.45, 7) is 2.29. The monoisotopic (exact) mass is 428 g/mol. The third-order valence-corrected chi connectivity index (χ3v) is 5.28. The third kappa shape index (κ3) is 3.39. The fourth-order valence-corrected chi connectivity index (χ4v) is 3.68. The van der Waals surface area contributed by atoms with Crippen LogP contribution in [0.25, 0.3) is 0 Å². The molecule has 2 aromatic heterocycles. The molecule has 0 fully saturated rings. The molecule has 0 radical (unpaired) electrons. The van der Waals surface area contributed by atoms with Crippen LogP contribution in [0.3, 0.4) is 0 Å². The first kappa shape index (κ1) is 19.9. The van der Waals surface area contributed by atoms with Gasteiger partial charge in [-0.3, -0.25) is 14.6 Å². The first-order valence-electron chi connectivity index (χ1n) is 9.17. The maximum atomic E-state index is 13.6. The Bertz CT molecular complexity index is 1150. The fraction of sp³-hybridized carbons (Fsp3) is 0.190. The van der Waals surface area contributed by atoms with E-state index in [2.05, 4.69) is 10.3 Å². The minimum absolute atomic E-state index is 0.0736. The molecule has 3 heterocycles. The zero-order valence-electron chi connectivity index (χ0n) is 16.2. The van der Waals surface area contributed by atoms with Gasteiger partial charge in [0.15, 0.2) is 0 Å². The van der Waals surface area contributed by atoms with E-state index in [1.54, 1.807) is 29.1 Å². The SMILES string of the molecule is COc1ccncc1NC(=O)c1ccn2c1C(=O)N(c1ccc(F)c(Cl)c1)C[C@@H]2C. The molecule has 0 aliphatic carbocycles. The number of nitrogens with zero attached hydrogens (tertiary/aromatic N) is 3. The molecule has 0 saturated heterocycles. The van der Waals surface area contributed by atoms with Gasteiger partial charge in [0.25, 0.3) is 11.8 Å². The largest absolute Gasteiger partial charge is 0.494 e. The molecule has 3 aromatic rings. The van der Waals surface area contributed by atoms with Crippen LogP contribution < -0.4 is 15.0 Å². The molecular formula is C21H18ClFN4O3. The van der Waals surface area contributed by atoms with E-state index >= 15 is 0 Å². The molecule has 0 spiro atoms. The molecule has 4 rings (SSSR count). The maximum absolute atomic E-state index is 13.6. The van der Waals surface area contributed by atoms with Gasteiger partial charge in [-0.15, -0.1) is 0 Å². The molecule has 154 valence electrons. The number of methoxy groups -OCH3 is 1. The van der Waals surface area contributed by atoms with Crippen LogP contribution in [0.1, 0.15) is 33.8 Å². The number of anilines is 2. The number of nitrogens with one attached hydrogen (secondary N) is 1. The van der Waals surface area contributed by atoms with Crippen LogP contribution in [-0.2, 0) is 0 Å². The van der Waals surface area contributed by atoms with Crippen LogP contribution in [0.5, 0.6) is 5.75 Å². The average Bonchev–Trinajstić information content (AvgIpc) is 3.19. The highest BCUT2D eigenvalue weighted by molar-refractivity contribution is 6.31. The molecule has 7 nitrogen and oxygen atoms in total. The Kier molecular flexibility index (Phi) is 5.17. The van der Waals surface area contributed by atoms with Gasteiger partial charge in [-0.05, 0) is 31.2 Å². The van der Waals surface area contributed by atoms with E-state index < -0.39 is 11.7 Å². The summed E-state index contributed by atoms with van der Waals surface area (Å²) in [5.41, 5.74) is 1.32. The lowest BCUT2D eigenvalue weighted by molar-refractivity contribution is 0.0942. The van der Waals surface area contributed by atoms with Crippen molar-refractivity contribution < 1.29 is 18.7 Å². The summed E-state index contributed by atoms with van der Waals surface area (Å²) in [5, 5.41) is 2.67. The normalized spacial score (nSPS) is 15.7. The van der Waals surface area contributed by atoms with Gasteiger partial charge in [-0.2, -0.15) is 0 Å². The second-order valence-electron chi connectivity index (χ2n) is 6.88. The van der Waals surface area contributed by atoms with Crippen LogP contribution >= 0.6 is 11.6 Å². The molecule has 30 heavy (non-hydrogen) atoms. The Morgan fingerprint density at radius 3 is 2.87 bits per heavy atom. The number of carbonyl (C=O) groups is 2. The Hall–Kier alpha value is -3.39. The van der Waals surface area contributed by atoms with E-state index in [4.69, 9.17) is 16.3 Å². The molecule has 1 aromatic carbocycles. The highest BCUT2D eigenvalue weighted by Gasteiger charge is 2.34. The third-order valence-electron chi connectivity index (χ3n) is 4.99. The van der Waals surface area contributed by atoms with Gasteiger partial charge in [0.1, 0.15) is 22.9 Å². The van der Waals surface area contributed by atoms with E-state index in [9.17, 15) is 14.0 Å². The molecule has 1 aliphatic heterocycles. The number of fused-ring (bicyclic) bond motifs is 1. The summed E-state index contributed by atoms with van der Waals surface area (Å²) in [5.74, 6) is -0.945. The summed E-state index contributed by atoms with van der Waals surface area (Å²) >= 11 is 5.90. The number of hydrogen-bond acceptors (Lipinski definition) is 4. The van der Waals surface area contributed by atoms with E-state index in [-0.39, 0.29) is 28.2 Å². The van der Waals surface area contributed by atoms with Crippen molar-refractivity contribution in [2.45, 2.75) is 13.0 Å². The summed E-state index contributed by atoms with van der Waals surface area (Å²) in [4.78, 5) is 31.7. The lowest BCUT2D eigenvalue weighted by Crippen LogP contribution is -2.43.